The molecule has 1 aliphatic rings. The van der Waals surface area contributed by atoms with Gasteiger partial charge in [-0.25, -0.2) is 0 Å². The van der Waals surface area contributed by atoms with Crippen LogP contribution in [0.2, 0.25) is 0 Å². The summed E-state index contributed by atoms with van der Waals surface area (Å²) in [5.74, 6) is 1.42. The minimum Gasteiger partial charge on any atom is -0.372 e. The van der Waals surface area contributed by atoms with Gasteiger partial charge in [0.05, 0.1) is 11.7 Å². The molecule has 0 N–H and O–H groups in total. The molecule has 0 radical (unpaired) electrons. The highest BCUT2D eigenvalue weighted by Gasteiger charge is 2.46. The molecular weight excluding hydrogens is 148 g/mol. The second-order valence-corrected chi connectivity index (χ2v) is 4.24. The first-order valence-electron chi connectivity index (χ1n) is 5.25. The maximum Gasteiger partial charge on any atom is 0.0709 e. The highest BCUT2D eigenvalue weighted by atomic mass is 16.5. The van der Waals surface area contributed by atoms with E-state index in [1.807, 2.05) is 0 Å². The molecule has 1 rings (SSSR count). The van der Waals surface area contributed by atoms with Crippen LogP contribution in [0.3, 0.4) is 0 Å². The molecule has 1 heteroatoms. The smallest absolute Gasteiger partial charge is 0.0709 e. The molecule has 1 fully saturated rings. The van der Waals surface area contributed by atoms with Gasteiger partial charge in [-0.15, -0.1) is 0 Å². The van der Waals surface area contributed by atoms with Gasteiger partial charge in [-0.1, -0.05) is 27.7 Å². The third kappa shape index (κ3) is 1.28. The van der Waals surface area contributed by atoms with Crippen LogP contribution < -0.4 is 0 Å². The van der Waals surface area contributed by atoms with Crippen molar-refractivity contribution >= 4 is 0 Å². The molecule has 0 aliphatic carbocycles. The number of ether oxygens (including phenoxy) is 1. The van der Waals surface area contributed by atoms with E-state index in [2.05, 4.69) is 34.6 Å². The summed E-state index contributed by atoms with van der Waals surface area (Å²) in [4.78, 5) is 0. The molecule has 3 atom stereocenters. The predicted octanol–water partition coefficient (Wildman–Crippen LogP) is 3.24. The van der Waals surface area contributed by atoms with Crippen LogP contribution in [-0.4, -0.2) is 11.7 Å². The van der Waals surface area contributed by atoms with Gasteiger partial charge in [0.15, 0.2) is 0 Å². The molecular formula is C11H22O. The summed E-state index contributed by atoms with van der Waals surface area (Å²) in [6.07, 6.45) is 2.75. The zero-order valence-corrected chi connectivity index (χ0v) is 9.05. The summed E-state index contributed by atoms with van der Waals surface area (Å²) < 4.78 is 6.07. The fourth-order valence-corrected chi connectivity index (χ4v) is 2.53. The van der Waals surface area contributed by atoms with Crippen molar-refractivity contribution in [3.8, 4) is 0 Å². The molecule has 1 nitrogen and oxygen atoms in total. The van der Waals surface area contributed by atoms with Gasteiger partial charge in [0.1, 0.15) is 0 Å². The molecule has 1 unspecified atom stereocenters. The molecule has 0 spiro atoms. The summed E-state index contributed by atoms with van der Waals surface area (Å²) >= 11 is 0. The lowest BCUT2D eigenvalue weighted by atomic mass is 9.79. The Bertz CT molecular complexity index is 149. The van der Waals surface area contributed by atoms with Crippen molar-refractivity contribution in [2.75, 3.05) is 0 Å². The SMILES string of the molecule is CCC1(CC)O[C@@H](C)[C@@H](C)C1C. The van der Waals surface area contributed by atoms with E-state index in [0.29, 0.717) is 17.9 Å². The fourth-order valence-electron chi connectivity index (χ4n) is 2.53. The molecule has 0 saturated carbocycles. The largest absolute Gasteiger partial charge is 0.372 e. The Morgan fingerprint density at radius 3 is 1.75 bits per heavy atom. The van der Waals surface area contributed by atoms with Gasteiger partial charge in [0.25, 0.3) is 0 Å². The molecule has 0 bridgehead atoms. The Morgan fingerprint density at radius 2 is 1.58 bits per heavy atom. The Hall–Kier alpha value is -0.0400. The highest BCUT2D eigenvalue weighted by molar-refractivity contribution is 4.94. The molecule has 72 valence electrons. The number of rotatable bonds is 2. The van der Waals surface area contributed by atoms with Crippen LogP contribution in [0.1, 0.15) is 47.5 Å². The van der Waals surface area contributed by atoms with E-state index in [1.165, 1.54) is 0 Å². The fraction of sp³-hybridized carbons (Fsp3) is 1.00. The first kappa shape index (κ1) is 10.0. The van der Waals surface area contributed by atoms with E-state index < -0.39 is 0 Å². The zero-order chi connectivity index (χ0) is 9.35. The van der Waals surface area contributed by atoms with Crippen LogP contribution in [0.4, 0.5) is 0 Å². The van der Waals surface area contributed by atoms with Crippen LogP contribution in [0.5, 0.6) is 0 Å². The average Bonchev–Trinajstić information content (AvgIpc) is 2.30. The molecule has 12 heavy (non-hydrogen) atoms. The van der Waals surface area contributed by atoms with Crippen LogP contribution in [0.25, 0.3) is 0 Å². The lowest BCUT2D eigenvalue weighted by Crippen LogP contribution is -2.33. The van der Waals surface area contributed by atoms with Crippen molar-refractivity contribution in [2.24, 2.45) is 11.8 Å². The Labute approximate surface area is 76.5 Å². The van der Waals surface area contributed by atoms with Crippen molar-refractivity contribution in [3.05, 3.63) is 0 Å². The van der Waals surface area contributed by atoms with Gasteiger partial charge in [-0.2, -0.15) is 0 Å². The number of hydrogen-bond acceptors (Lipinski definition) is 1. The Morgan fingerprint density at radius 1 is 1.08 bits per heavy atom. The van der Waals surface area contributed by atoms with Gasteiger partial charge in [-0.05, 0) is 31.6 Å². The molecule has 0 aromatic heterocycles. The van der Waals surface area contributed by atoms with Crippen molar-refractivity contribution in [3.63, 3.8) is 0 Å². The van der Waals surface area contributed by atoms with E-state index in [1.54, 1.807) is 0 Å². The lowest BCUT2D eigenvalue weighted by Gasteiger charge is -2.31. The normalized spacial score (nSPS) is 40.2. The monoisotopic (exact) mass is 170 g/mol. The van der Waals surface area contributed by atoms with Gasteiger partial charge < -0.3 is 4.74 Å². The Balaban J connectivity index is 2.79. The zero-order valence-electron chi connectivity index (χ0n) is 9.05. The van der Waals surface area contributed by atoms with Crippen LogP contribution in [0, 0.1) is 11.8 Å². The molecule has 1 saturated heterocycles. The van der Waals surface area contributed by atoms with Crippen molar-refractivity contribution in [1.82, 2.24) is 0 Å². The van der Waals surface area contributed by atoms with E-state index in [4.69, 9.17) is 4.74 Å². The topological polar surface area (TPSA) is 9.23 Å². The molecule has 0 aromatic rings. The quantitative estimate of drug-likeness (QED) is 0.618. The molecule has 1 heterocycles. The van der Waals surface area contributed by atoms with Crippen LogP contribution in [-0.2, 0) is 4.74 Å². The minimum absolute atomic E-state index is 0.179. The molecule has 1 aliphatic heterocycles. The molecule has 0 amide bonds. The standard InChI is InChI=1S/C11H22O/c1-6-11(7-2)9(4)8(3)10(5)12-11/h8-10H,6-7H2,1-5H3/t8-,9?,10-/m0/s1. The average molecular weight is 170 g/mol. The van der Waals surface area contributed by atoms with E-state index >= 15 is 0 Å². The second kappa shape index (κ2) is 3.37. The van der Waals surface area contributed by atoms with Gasteiger partial charge in [0, 0.05) is 0 Å². The Kier molecular flexibility index (Phi) is 2.82. The first-order valence-corrected chi connectivity index (χ1v) is 5.25. The van der Waals surface area contributed by atoms with E-state index in [-0.39, 0.29) is 5.60 Å². The van der Waals surface area contributed by atoms with Gasteiger partial charge >= 0.3 is 0 Å². The highest BCUT2D eigenvalue weighted by Crippen LogP contribution is 2.44. The van der Waals surface area contributed by atoms with Gasteiger partial charge in [-0.3, -0.25) is 0 Å². The van der Waals surface area contributed by atoms with E-state index in [0.717, 1.165) is 12.8 Å². The maximum absolute atomic E-state index is 6.07. The second-order valence-electron chi connectivity index (χ2n) is 4.24. The van der Waals surface area contributed by atoms with Gasteiger partial charge in [0.2, 0.25) is 0 Å². The third-order valence-electron chi connectivity index (χ3n) is 3.98. The summed E-state index contributed by atoms with van der Waals surface area (Å²) in [6.45, 7) is 11.3. The van der Waals surface area contributed by atoms with Crippen molar-refractivity contribution < 1.29 is 4.74 Å². The maximum atomic E-state index is 6.07. The van der Waals surface area contributed by atoms with Crippen molar-refractivity contribution in [1.29, 1.82) is 0 Å². The van der Waals surface area contributed by atoms with Crippen LogP contribution in [0.15, 0.2) is 0 Å². The first-order chi connectivity index (χ1) is 5.57. The number of hydrogen-bond donors (Lipinski definition) is 0. The summed E-state index contributed by atoms with van der Waals surface area (Å²) in [5.41, 5.74) is 0.179. The summed E-state index contributed by atoms with van der Waals surface area (Å²) in [6, 6.07) is 0. The summed E-state index contributed by atoms with van der Waals surface area (Å²) in [7, 11) is 0. The van der Waals surface area contributed by atoms with Crippen LogP contribution >= 0.6 is 0 Å². The third-order valence-corrected chi connectivity index (χ3v) is 3.98. The minimum atomic E-state index is 0.179. The van der Waals surface area contributed by atoms with Crippen molar-refractivity contribution in [2.45, 2.75) is 59.2 Å². The molecule has 0 aromatic carbocycles. The summed E-state index contributed by atoms with van der Waals surface area (Å²) in [5, 5.41) is 0. The lowest BCUT2D eigenvalue weighted by molar-refractivity contribution is -0.0558. The van der Waals surface area contributed by atoms with E-state index in [9.17, 15) is 0 Å². The predicted molar refractivity (Wildman–Crippen MR) is 52.2 cm³/mol.